The molecule has 0 unspecified atom stereocenters. The first kappa shape index (κ1) is 27.4. The molecule has 0 spiro atoms. The van der Waals surface area contributed by atoms with Gasteiger partial charge in [0.25, 0.3) is 0 Å². The molecule has 0 bridgehead atoms. The zero-order chi connectivity index (χ0) is 27.4. The summed E-state index contributed by atoms with van der Waals surface area (Å²) in [7, 11) is 1.97. The van der Waals surface area contributed by atoms with E-state index in [-0.39, 0.29) is 9.52 Å². The molecular weight excluding hydrogens is 499 g/mol. The standard InChI is InChI=1S/C36H36BN2Si/c1-29(35(32-20-10-4-11-21-32)33-22-12-5-13-23-33)15-14-26-40-28-39-25-24-38-36(39)37-34(31-18-8-3-9-19-31)27-30-16-6-2-7-17-30/h2-13,16-25,27H,14-15,26,28,40H2,1H3. The van der Waals surface area contributed by atoms with E-state index in [0.717, 1.165) is 18.3 Å². The van der Waals surface area contributed by atoms with E-state index in [1.807, 2.05) is 6.20 Å². The van der Waals surface area contributed by atoms with Crippen LogP contribution in [0.15, 0.2) is 139 Å². The lowest BCUT2D eigenvalue weighted by Gasteiger charge is -2.14. The Hall–Kier alpha value is -4.15. The molecule has 0 aliphatic heterocycles. The van der Waals surface area contributed by atoms with Gasteiger partial charge in [0, 0.05) is 28.1 Å². The molecule has 1 aromatic heterocycles. The average molecular weight is 536 g/mol. The van der Waals surface area contributed by atoms with Gasteiger partial charge in [-0.15, -0.1) is 0 Å². The average Bonchev–Trinajstić information content (AvgIpc) is 3.45. The van der Waals surface area contributed by atoms with Crippen LogP contribution >= 0.6 is 0 Å². The van der Waals surface area contributed by atoms with E-state index in [4.69, 9.17) is 4.98 Å². The lowest BCUT2D eigenvalue weighted by molar-refractivity contribution is 0.863. The first-order valence-electron chi connectivity index (χ1n) is 14.3. The van der Waals surface area contributed by atoms with Gasteiger partial charge < -0.3 is 4.57 Å². The SMILES string of the molecule is CC(CCC[SiH2]Cn1ccnc1[B]C(=Cc1ccccc1)c1ccccc1)=C(c1ccccc1)c1ccccc1. The van der Waals surface area contributed by atoms with Gasteiger partial charge in [-0.25, -0.2) is 0 Å². The van der Waals surface area contributed by atoms with Crippen LogP contribution in [0.1, 0.15) is 42.0 Å². The molecule has 0 amide bonds. The number of nitrogens with zero attached hydrogens (tertiary/aromatic N) is 2. The molecule has 0 aliphatic carbocycles. The summed E-state index contributed by atoms with van der Waals surface area (Å²) in [6, 6.07) is 44.1. The first-order chi connectivity index (χ1) is 19.8. The Morgan fingerprint density at radius 2 is 1.30 bits per heavy atom. The maximum atomic E-state index is 4.72. The molecular formula is C36H36BN2Si. The zero-order valence-electron chi connectivity index (χ0n) is 23.3. The molecule has 0 fully saturated rings. The lowest BCUT2D eigenvalue weighted by atomic mass is 9.65. The van der Waals surface area contributed by atoms with Crippen LogP contribution in [0.2, 0.25) is 6.04 Å². The minimum absolute atomic E-state index is 0.265. The van der Waals surface area contributed by atoms with Crippen molar-refractivity contribution in [2.24, 2.45) is 0 Å². The maximum Gasteiger partial charge on any atom is 0.241 e. The number of rotatable bonds is 12. The summed E-state index contributed by atoms with van der Waals surface area (Å²) < 4.78 is 2.34. The number of hydrogen-bond acceptors (Lipinski definition) is 1. The molecule has 0 saturated heterocycles. The highest BCUT2D eigenvalue weighted by atomic mass is 28.2. The highest BCUT2D eigenvalue weighted by Gasteiger charge is 2.12. The van der Waals surface area contributed by atoms with Crippen molar-refractivity contribution in [2.75, 3.05) is 0 Å². The van der Waals surface area contributed by atoms with Gasteiger partial charge >= 0.3 is 0 Å². The molecule has 2 nitrogen and oxygen atoms in total. The lowest BCUT2D eigenvalue weighted by Crippen LogP contribution is -2.29. The Kier molecular flexibility index (Phi) is 9.80. The van der Waals surface area contributed by atoms with Crippen molar-refractivity contribution in [1.82, 2.24) is 9.55 Å². The van der Waals surface area contributed by atoms with Crippen LogP contribution < -0.4 is 5.72 Å². The second kappa shape index (κ2) is 14.3. The third-order valence-corrected chi connectivity index (χ3v) is 9.06. The van der Waals surface area contributed by atoms with Crippen molar-refractivity contribution in [2.45, 2.75) is 32.0 Å². The van der Waals surface area contributed by atoms with Crippen molar-refractivity contribution in [3.63, 3.8) is 0 Å². The summed E-state index contributed by atoms with van der Waals surface area (Å²) in [6.45, 7) is 2.31. The van der Waals surface area contributed by atoms with Crippen molar-refractivity contribution in [3.05, 3.63) is 162 Å². The van der Waals surface area contributed by atoms with Crippen molar-refractivity contribution >= 4 is 39.6 Å². The molecule has 4 heteroatoms. The molecule has 1 radical (unpaired) electrons. The summed E-state index contributed by atoms with van der Waals surface area (Å²) in [6.07, 6.45) is 9.79. The van der Waals surface area contributed by atoms with E-state index in [9.17, 15) is 0 Å². The van der Waals surface area contributed by atoms with Gasteiger partial charge in [0.05, 0.1) is 5.72 Å². The third-order valence-electron chi connectivity index (χ3n) is 7.26. The molecule has 5 rings (SSSR count). The number of aromatic nitrogens is 2. The fraction of sp³-hybridized carbons (Fsp3) is 0.139. The molecule has 0 atom stereocenters. The smallest absolute Gasteiger partial charge is 0.241 e. The monoisotopic (exact) mass is 535 g/mol. The van der Waals surface area contributed by atoms with Crippen molar-refractivity contribution in [1.29, 1.82) is 0 Å². The highest BCUT2D eigenvalue weighted by molar-refractivity contribution is 6.73. The number of hydrogen-bond donors (Lipinski definition) is 0. The Bertz CT molecular complexity index is 1480. The van der Waals surface area contributed by atoms with Gasteiger partial charge in [0.15, 0.2) is 0 Å². The van der Waals surface area contributed by atoms with Gasteiger partial charge in [0.2, 0.25) is 7.28 Å². The van der Waals surface area contributed by atoms with E-state index < -0.39 is 0 Å². The van der Waals surface area contributed by atoms with Gasteiger partial charge in [-0.2, -0.15) is 0 Å². The van der Waals surface area contributed by atoms with Crippen molar-refractivity contribution < 1.29 is 0 Å². The topological polar surface area (TPSA) is 17.8 Å². The van der Waals surface area contributed by atoms with E-state index in [1.165, 1.54) is 51.3 Å². The van der Waals surface area contributed by atoms with E-state index >= 15 is 0 Å². The largest absolute Gasteiger partial charge is 0.347 e. The first-order valence-corrected chi connectivity index (χ1v) is 16.3. The van der Waals surface area contributed by atoms with E-state index in [2.05, 4.69) is 152 Å². The number of imidazole rings is 1. The molecule has 0 saturated carbocycles. The van der Waals surface area contributed by atoms with Gasteiger partial charge in [0.1, 0.15) is 0 Å². The van der Waals surface area contributed by atoms with E-state index in [1.54, 1.807) is 0 Å². The van der Waals surface area contributed by atoms with Crippen LogP contribution in [0.3, 0.4) is 0 Å². The van der Waals surface area contributed by atoms with E-state index in [0.29, 0.717) is 0 Å². The summed E-state index contributed by atoms with van der Waals surface area (Å²) in [5, 5.41) is 0. The predicted molar refractivity (Wildman–Crippen MR) is 176 cm³/mol. The highest BCUT2D eigenvalue weighted by Crippen LogP contribution is 2.29. The fourth-order valence-corrected chi connectivity index (χ4v) is 6.75. The van der Waals surface area contributed by atoms with Gasteiger partial charge in [-0.3, -0.25) is 4.98 Å². The Morgan fingerprint density at radius 1 is 0.750 bits per heavy atom. The van der Waals surface area contributed by atoms with Gasteiger partial charge in [-0.05, 0) is 41.2 Å². The minimum Gasteiger partial charge on any atom is -0.347 e. The maximum absolute atomic E-state index is 4.72. The van der Waals surface area contributed by atoms with Gasteiger partial charge in [-0.1, -0.05) is 151 Å². The fourth-order valence-electron chi connectivity index (χ4n) is 5.20. The van der Waals surface area contributed by atoms with Crippen LogP contribution in [0, 0.1) is 0 Å². The summed E-state index contributed by atoms with van der Waals surface area (Å²) >= 11 is 0. The Labute approximate surface area is 242 Å². The molecule has 0 N–H and O–H groups in total. The predicted octanol–water partition coefficient (Wildman–Crippen LogP) is 7.26. The molecule has 197 valence electrons. The van der Waals surface area contributed by atoms with Crippen LogP contribution in [0.4, 0.5) is 0 Å². The Morgan fingerprint density at radius 3 is 1.90 bits per heavy atom. The zero-order valence-corrected chi connectivity index (χ0v) is 24.7. The molecule has 0 aliphatic rings. The summed E-state index contributed by atoms with van der Waals surface area (Å²) in [5.74, 6) is 0. The Balaban J connectivity index is 1.22. The molecule has 4 aromatic carbocycles. The summed E-state index contributed by atoms with van der Waals surface area (Å²) in [5.41, 5.74) is 10.1. The number of benzene rings is 4. The second-order valence-corrected chi connectivity index (χ2v) is 12.1. The molecule has 5 aromatic rings. The van der Waals surface area contributed by atoms with Crippen LogP contribution in [0.5, 0.6) is 0 Å². The third kappa shape index (κ3) is 7.49. The number of allylic oxidation sites excluding steroid dienone is 1. The normalized spacial score (nSPS) is 11.6. The second-order valence-electron chi connectivity index (χ2n) is 10.2. The van der Waals surface area contributed by atoms with Crippen LogP contribution in [-0.4, -0.2) is 26.4 Å². The minimum atomic E-state index is -0.265. The van der Waals surface area contributed by atoms with Crippen molar-refractivity contribution in [3.8, 4) is 0 Å². The van der Waals surface area contributed by atoms with Crippen LogP contribution in [-0.2, 0) is 6.17 Å². The molecule has 40 heavy (non-hydrogen) atoms. The van der Waals surface area contributed by atoms with Crippen LogP contribution in [0.25, 0.3) is 17.1 Å². The summed E-state index contributed by atoms with van der Waals surface area (Å²) in [4.78, 5) is 4.72. The molecule has 1 heterocycles. The quantitative estimate of drug-likeness (QED) is 0.0934.